The summed E-state index contributed by atoms with van der Waals surface area (Å²) in [6.07, 6.45) is 6.95. The molecule has 124 valence electrons. The molecular weight excluding hydrogens is 306 g/mol. The molecule has 0 aromatic carbocycles. The first-order valence-corrected chi connectivity index (χ1v) is 8.23. The summed E-state index contributed by atoms with van der Waals surface area (Å²) in [5.74, 6) is 1.37. The number of aromatic nitrogens is 3. The number of hydrogen-bond donors (Lipinski definition) is 0. The molecular formula is C17H19N5O2. The molecule has 2 aromatic heterocycles. The van der Waals surface area contributed by atoms with E-state index in [1.165, 1.54) is 0 Å². The lowest BCUT2D eigenvalue weighted by molar-refractivity contribution is 0.0984. The van der Waals surface area contributed by atoms with Crippen LogP contribution in [0.15, 0.2) is 30.7 Å². The lowest BCUT2D eigenvalue weighted by atomic mass is 10.1. The van der Waals surface area contributed by atoms with Crippen LogP contribution in [0.5, 0.6) is 0 Å². The third kappa shape index (κ3) is 2.82. The zero-order chi connectivity index (χ0) is 16.4. The second-order valence-corrected chi connectivity index (χ2v) is 5.91. The predicted molar refractivity (Wildman–Crippen MR) is 89.3 cm³/mol. The molecule has 1 amide bonds. The van der Waals surface area contributed by atoms with Gasteiger partial charge >= 0.3 is 0 Å². The number of aryl methyl sites for hydroxylation is 1. The monoisotopic (exact) mass is 325 g/mol. The largest absolute Gasteiger partial charge is 0.378 e. The molecule has 1 fully saturated rings. The van der Waals surface area contributed by atoms with Crippen molar-refractivity contribution in [3.63, 3.8) is 0 Å². The molecule has 0 radical (unpaired) electrons. The standard InChI is InChI=1S/C17H19N5O2/c23-16(13-3-5-18-6-4-13)22-7-1-2-14-12-19-17(20-15(14)22)21-8-10-24-11-9-21/h3-6,12H,1-2,7-11H2. The highest BCUT2D eigenvalue weighted by molar-refractivity contribution is 6.06. The molecule has 0 unspecified atom stereocenters. The van der Waals surface area contributed by atoms with Crippen molar-refractivity contribution in [2.75, 3.05) is 42.6 Å². The van der Waals surface area contributed by atoms with E-state index < -0.39 is 0 Å². The number of carbonyl (C=O) groups excluding carboxylic acids is 1. The zero-order valence-electron chi connectivity index (χ0n) is 13.4. The van der Waals surface area contributed by atoms with Crippen molar-refractivity contribution < 1.29 is 9.53 Å². The summed E-state index contributed by atoms with van der Waals surface area (Å²) in [6, 6.07) is 3.47. The van der Waals surface area contributed by atoms with Gasteiger partial charge in [-0.3, -0.25) is 14.7 Å². The summed E-state index contributed by atoms with van der Waals surface area (Å²) in [6.45, 7) is 3.59. The van der Waals surface area contributed by atoms with Gasteiger partial charge in [0, 0.05) is 49.4 Å². The Bertz CT molecular complexity index is 731. The van der Waals surface area contributed by atoms with Crippen LogP contribution in [-0.4, -0.2) is 53.7 Å². The molecule has 2 aliphatic heterocycles. The average molecular weight is 325 g/mol. The first-order chi connectivity index (χ1) is 11.8. The van der Waals surface area contributed by atoms with E-state index in [0.717, 1.165) is 37.3 Å². The third-order valence-electron chi connectivity index (χ3n) is 4.38. The fourth-order valence-electron chi connectivity index (χ4n) is 3.10. The van der Waals surface area contributed by atoms with E-state index in [4.69, 9.17) is 9.72 Å². The molecule has 4 rings (SSSR count). The van der Waals surface area contributed by atoms with Gasteiger partial charge in [0.1, 0.15) is 5.82 Å². The number of rotatable bonds is 2. The molecule has 24 heavy (non-hydrogen) atoms. The highest BCUT2D eigenvalue weighted by atomic mass is 16.5. The van der Waals surface area contributed by atoms with Crippen LogP contribution >= 0.6 is 0 Å². The minimum atomic E-state index is -0.0371. The number of morpholine rings is 1. The molecule has 1 saturated heterocycles. The molecule has 0 spiro atoms. The maximum atomic E-state index is 12.9. The first-order valence-electron chi connectivity index (χ1n) is 8.23. The van der Waals surface area contributed by atoms with Crippen molar-refractivity contribution in [3.05, 3.63) is 41.9 Å². The van der Waals surface area contributed by atoms with Crippen LogP contribution in [0.1, 0.15) is 22.3 Å². The quantitative estimate of drug-likeness (QED) is 0.829. The number of carbonyl (C=O) groups is 1. The van der Waals surface area contributed by atoms with Gasteiger partial charge in [0.05, 0.1) is 13.2 Å². The van der Waals surface area contributed by atoms with E-state index in [-0.39, 0.29) is 5.91 Å². The third-order valence-corrected chi connectivity index (χ3v) is 4.38. The van der Waals surface area contributed by atoms with Gasteiger partial charge in [0.2, 0.25) is 5.95 Å². The Labute approximate surface area is 140 Å². The average Bonchev–Trinajstić information content (AvgIpc) is 2.68. The van der Waals surface area contributed by atoms with Crippen molar-refractivity contribution in [2.45, 2.75) is 12.8 Å². The summed E-state index contributed by atoms with van der Waals surface area (Å²) in [5.41, 5.74) is 1.66. The van der Waals surface area contributed by atoms with Crippen LogP contribution in [-0.2, 0) is 11.2 Å². The number of ether oxygens (including phenoxy) is 1. The molecule has 4 heterocycles. The van der Waals surface area contributed by atoms with Crippen LogP contribution in [0, 0.1) is 0 Å². The van der Waals surface area contributed by atoms with Gasteiger partial charge < -0.3 is 9.64 Å². The van der Waals surface area contributed by atoms with Crippen molar-refractivity contribution in [1.82, 2.24) is 15.0 Å². The molecule has 0 aliphatic carbocycles. The second kappa shape index (κ2) is 6.52. The number of fused-ring (bicyclic) bond motifs is 1. The Kier molecular flexibility index (Phi) is 4.08. The molecule has 0 atom stereocenters. The van der Waals surface area contributed by atoms with Gasteiger partial charge in [-0.25, -0.2) is 4.98 Å². The van der Waals surface area contributed by atoms with Gasteiger partial charge in [-0.1, -0.05) is 0 Å². The molecule has 2 aromatic rings. The lowest BCUT2D eigenvalue weighted by Gasteiger charge is -2.31. The van der Waals surface area contributed by atoms with Gasteiger partial charge in [0.15, 0.2) is 0 Å². The first kappa shape index (κ1) is 15.0. The smallest absolute Gasteiger partial charge is 0.259 e. The number of hydrogen-bond acceptors (Lipinski definition) is 6. The lowest BCUT2D eigenvalue weighted by Crippen LogP contribution is -2.39. The Morgan fingerprint density at radius 1 is 1.12 bits per heavy atom. The Morgan fingerprint density at radius 3 is 2.71 bits per heavy atom. The van der Waals surface area contributed by atoms with Gasteiger partial charge in [-0.2, -0.15) is 4.98 Å². The van der Waals surface area contributed by atoms with E-state index in [9.17, 15) is 4.79 Å². The summed E-state index contributed by atoms with van der Waals surface area (Å²) in [5, 5.41) is 0. The van der Waals surface area contributed by atoms with Crippen LogP contribution in [0.3, 0.4) is 0 Å². The minimum Gasteiger partial charge on any atom is -0.378 e. The van der Waals surface area contributed by atoms with E-state index in [0.29, 0.717) is 31.3 Å². The predicted octanol–water partition coefficient (Wildman–Crippen LogP) is 1.30. The van der Waals surface area contributed by atoms with Crippen LogP contribution in [0.25, 0.3) is 0 Å². The van der Waals surface area contributed by atoms with E-state index in [2.05, 4.69) is 14.9 Å². The summed E-state index contributed by atoms with van der Waals surface area (Å²) < 4.78 is 5.38. The van der Waals surface area contributed by atoms with E-state index in [1.807, 2.05) is 6.20 Å². The Balaban J connectivity index is 1.66. The van der Waals surface area contributed by atoms with Crippen molar-refractivity contribution in [3.8, 4) is 0 Å². The number of amides is 1. The molecule has 7 nitrogen and oxygen atoms in total. The number of anilines is 2. The molecule has 0 saturated carbocycles. The topological polar surface area (TPSA) is 71.5 Å². The van der Waals surface area contributed by atoms with Crippen LogP contribution in [0.4, 0.5) is 11.8 Å². The summed E-state index contributed by atoms with van der Waals surface area (Å²) in [4.78, 5) is 29.9. The van der Waals surface area contributed by atoms with Crippen LogP contribution in [0.2, 0.25) is 0 Å². The second-order valence-electron chi connectivity index (χ2n) is 5.91. The molecule has 0 N–H and O–H groups in total. The normalized spacial score (nSPS) is 17.5. The van der Waals surface area contributed by atoms with E-state index >= 15 is 0 Å². The van der Waals surface area contributed by atoms with Crippen molar-refractivity contribution in [2.24, 2.45) is 0 Å². The SMILES string of the molecule is O=C(c1ccncc1)N1CCCc2cnc(N3CCOCC3)nc21. The molecule has 2 aliphatic rings. The van der Waals surface area contributed by atoms with E-state index in [1.54, 1.807) is 29.4 Å². The minimum absolute atomic E-state index is 0.0371. The number of nitrogens with zero attached hydrogens (tertiary/aromatic N) is 5. The molecule has 7 heteroatoms. The summed E-state index contributed by atoms with van der Waals surface area (Å²) >= 11 is 0. The van der Waals surface area contributed by atoms with Crippen molar-refractivity contribution in [1.29, 1.82) is 0 Å². The highest BCUT2D eigenvalue weighted by Crippen LogP contribution is 2.28. The highest BCUT2D eigenvalue weighted by Gasteiger charge is 2.27. The maximum Gasteiger partial charge on any atom is 0.259 e. The van der Waals surface area contributed by atoms with Gasteiger partial charge in [-0.15, -0.1) is 0 Å². The van der Waals surface area contributed by atoms with Crippen LogP contribution < -0.4 is 9.80 Å². The van der Waals surface area contributed by atoms with Crippen molar-refractivity contribution >= 4 is 17.7 Å². The Morgan fingerprint density at radius 2 is 1.92 bits per heavy atom. The fourth-order valence-corrected chi connectivity index (χ4v) is 3.10. The number of pyridine rings is 1. The molecule has 0 bridgehead atoms. The fraction of sp³-hybridized carbons (Fsp3) is 0.412. The summed E-state index contributed by atoms with van der Waals surface area (Å²) in [7, 11) is 0. The van der Waals surface area contributed by atoms with Gasteiger partial charge in [-0.05, 0) is 25.0 Å². The van der Waals surface area contributed by atoms with Gasteiger partial charge in [0.25, 0.3) is 5.91 Å². The maximum absolute atomic E-state index is 12.9. The Hall–Kier alpha value is -2.54. The zero-order valence-corrected chi connectivity index (χ0v) is 13.4.